The van der Waals surface area contributed by atoms with Crippen LogP contribution in [-0.2, 0) is 4.79 Å². The van der Waals surface area contributed by atoms with Crippen molar-refractivity contribution in [3.05, 3.63) is 59.1 Å². The third-order valence-electron chi connectivity index (χ3n) is 3.50. The van der Waals surface area contributed by atoms with Gasteiger partial charge in [-0.15, -0.1) is 0 Å². The summed E-state index contributed by atoms with van der Waals surface area (Å²) >= 11 is 6.14. The lowest BCUT2D eigenvalue weighted by atomic mass is 10.2. The Labute approximate surface area is 146 Å². The molecule has 0 aliphatic heterocycles. The van der Waals surface area contributed by atoms with Gasteiger partial charge >= 0.3 is 0 Å². The molecular weight excluding hydrogens is 328 g/mol. The monoisotopic (exact) mass is 346 g/mol. The molecule has 0 radical (unpaired) electrons. The van der Waals surface area contributed by atoms with Crippen molar-refractivity contribution in [3.63, 3.8) is 0 Å². The number of amides is 2. The Bertz CT molecular complexity index is 716. The molecule has 0 fully saturated rings. The maximum atomic E-state index is 12.1. The number of halogens is 1. The van der Waals surface area contributed by atoms with Crippen molar-refractivity contribution >= 4 is 29.1 Å². The second-order valence-corrected chi connectivity index (χ2v) is 5.51. The van der Waals surface area contributed by atoms with Gasteiger partial charge < -0.3 is 15.0 Å². The van der Waals surface area contributed by atoms with Crippen LogP contribution in [0.15, 0.2) is 48.5 Å². The van der Waals surface area contributed by atoms with E-state index in [9.17, 15) is 9.59 Å². The van der Waals surface area contributed by atoms with E-state index in [1.807, 2.05) is 6.07 Å². The molecule has 6 heteroatoms. The molecule has 0 atom stereocenters. The second-order valence-electron chi connectivity index (χ2n) is 5.11. The lowest BCUT2D eigenvalue weighted by molar-refractivity contribution is -0.116. The molecule has 0 spiro atoms. The van der Waals surface area contributed by atoms with E-state index in [2.05, 4.69) is 5.32 Å². The highest BCUT2D eigenvalue weighted by molar-refractivity contribution is 6.33. The highest BCUT2D eigenvalue weighted by Gasteiger charge is 2.14. The summed E-state index contributed by atoms with van der Waals surface area (Å²) in [6.07, 6.45) is 0. The number of anilines is 1. The summed E-state index contributed by atoms with van der Waals surface area (Å²) in [5, 5.41) is 3.29. The van der Waals surface area contributed by atoms with Crippen LogP contribution >= 0.6 is 11.6 Å². The van der Waals surface area contributed by atoms with E-state index in [1.54, 1.807) is 49.6 Å². The Hall–Kier alpha value is -2.53. The molecule has 0 saturated heterocycles. The van der Waals surface area contributed by atoms with E-state index in [-0.39, 0.29) is 11.8 Å². The maximum absolute atomic E-state index is 12.1. The number of para-hydroxylation sites is 1. The van der Waals surface area contributed by atoms with Crippen molar-refractivity contribution < 1.29 is 14.3 Å². The molecule has 0 heterocycles. The van der Waals surface area contributed by atoms with Crippen LogP contribution in [-0.4, -0.2) is 32.0 Å². The van der Waals surface area contributed by atoms with Crippen molar-refractivity contribution in [1.29, 1.82) is 0 Å². The SMILES string of the molecule is COc1ccc(C(=O)NCCN(C(C)=O)c2ccccc2Cl)cc1. The summed E-state index contributed by atoms with van der Waals surface area (Å²) in [7, 11) is 1.57. The minimum Gasteiger partial charge on any atom is -0.497 e. The standard InChI is InChI=1S/C18H19ClN2O3/c1-13(22)21(17-6-4-3-5-16(17)19)12-11-20-18(23)14-7-9-15(24-2)10-8-14/h3-10H,11-12H2,1-2H3,(H,20,23). The van der Waals surface area contributed by atoms with Gasteiger partial charge in [-0.3, -0.25) is 9.59 Å². The Morgan fingerprint density at radius 1 is 1.12 bits per heavy atom. The normalized spacial score (nSPS) is 10.1. The van der Waals surface area contributed by atoms with Gasteiger partial charge in [-0.25, -0.2) is 0 Å². The first-order valence-electron chi connectivity index (χ1n) is 7.48. The quantitative estimate of drug-likeness (QED) is 0.874. The van der Waals surface area contributed by atoms with Crippen molar-refractivity contribution in [2.45, 2.75) is 6.92 Å². The minimum absolute atomic E-state index is 0.137. The number of rotatable bonds is 6. The number of nitrogens with one attached hydrogen (secondary N) is 1. The summed E-state index contributed by atoms with van der Waals surface area (Å²) in [6, 6.07) is 13.9. The Kier molecular flexibility index (Phi) is 6.21. The predicted octanol–water partition coefficient (Wildman–Crippen LogP) is 3.13. The average Bonchev–Trinajstić information content (AvgIpc) is 2.59. The van der Waals surface area contributed by atoms with Crippen LogP contribution in [0.5, 0.6) is 5.75 Å². The first-order valence-corrected chi connectivity index (χ1v) is 7.85. The smallest absolute Gasteiger partial charge is 0.251 e. The van der Waals surface area contributed by atoms with Crippen molar-refractivity contribution in [2.24, 2.45) is 0 Å². The molecule has 5 nitrogen and oxygen atoms in total. The largest absolute Gasteiger partial charge is 0.497 e. The Morgan fingerprint density at radius 3 is 2.38 bits per heavy atom. The zero-order chi connectivity index (χ0) is 17.5. The fraction of sp³-hybridized carbons (Fsp3) is 0.222. The molecule has 2 amide bonds. The summed E-state index contributed by atoms with van der Waals surface area (Å²) < 4.78 is 5.06. The molecule has 126 valence electrons. The number of hydrogen-bond acceptors (Lipinski definition) is 3. The third-order valence-corrected chi connectivity index (χ3v) is 3.82. The number of methoxy groups -OCH3 is 1. The molecule has 0 aromatic heterocycles. The first kappa shape index (κ1) is 17.8. The zero-order valence-corrected chi connectivity index (χ0v) is 14.3. The predicted molar refractivity (Wildman–Crippen MR) is 94.8 cm³/mol. The summed E-state index contributed by atoms with van der Waals surface area (Å²) in [5.41, 5.74) is 1.16. The third kappa shape index (κ3) is 4.49. The van der Waals surface area contributed by atoms with Gasteiger partial charge in [-0.1, -0.05) is 23.7 Å². The van der Waals surface area contributed by atoms with Gasteiger partial charge in [0.25, 0.3) is 5.91 Å². The molecule has 0 bridgehead atoms. The maximum Gasteiger partial charge on any atom is 0.251 e. The molecule has 2 rings (SSSR count). The van der Waals surface area contributed by atoms with Gasteiger partial charge in [0.2, 0.25) is 5.91 Å². The zero-order valence-electron chi connectivity index (χ0n) is 13.6. The van der Waals surface area contributed by atoms with E-state index >= 15 is 0 Å². The van der Waals surface area contributed by atoms with Gasteiger partial charge in [-0.2, -0.15) is 0 Å². The van der Waals surface area contributed by atoms with Crippen LogP contribution in [0.4, 0.5) is 5.69 Å². The lowest BCUT2D eigenvalue weighted by Crippen LogP contribution is -2.37. The number of hydrogen-bond donors (Lipinski definition) is 1. The molecule has 0 saturated carbocycles. The van der Waals surface area contributed by atoms with Gasteiger partial charge in [0.05, 0.1) is 17.8 Å². The van der Waals surface area contributed by atoms with Crippen molar-refractivity contribution in [1.82, 2.24) is 5.32 Å². The second kappa shape index (κ2) is 8.36. The highest BCUT2D eigenvalue weighted by atomic mass is 35.5. The Balaban J connectivity index is 1.96. The first-order chi connectivity index (χ1) is 11.5. The highest BCUT2D eigenvalue weighted by Crippen LogP contribution is 2.24. The van der Waals surface area contributed by atoms with Crippen molar-refractivity contribution in [3.8, 4) is 5.75 Å². The van der Waals surface area contributed by atoms with Gasteiger partial charge in [-0.05, 0) is 36.4 Å². The van der Waals surface area contributed by atoms with E-state index in [4.69, 9.17) is 16.3 Å². The van der Waals surface area contributed by atoms with Crippen LogP contribution in [0.25, 0.3) is 0 Å². The molecule has 0 aliphatic carbocycles. The Morgan fingerprint density at radius 2 is 1.79 bits per heavy atom. The van der Waals surface area contributed by atoms with E-state index in [0.29, 0.717) is 35.1 Å². The van der Waals surface area contributed by atoms with Gasteiger partial charge in [0.15, 0.2) is 0 Å². The van der Waals surface area contributed by atoms with Gasteiger partial charge in [0.1, 0.15) is 5.75 Å². The van der Waals surface area contributed by atoms with E-state index in [1.165, 1.54) is 11.8 Å². The molecule has 1 N–H and O–H groups in total. The molecule has 0 unspecified atom stereocenters. The molecule has 24 heavy (non-hydrogen) atoms. The van der Waals surface area contributed by atoms with Crippen molar-refractivity contribution in [2.75, 3.05) is 25.1 Å². The molecule has 0 aliphatic rings. The lowest BCUT2D eigenvalue weighted by Gasteiger charge is -2.22. The molecule has 2 aromatic rings. The number of carbonyl (C=O) groups excluding carboxylic acids is 2. The number of ether oxygens (including phenoxy) is 1. The number of carbonyl (C=O) groups is 2. The van der Waals surface area contributed by atoms with Crippen LogP contribution < -0.4 is 15.0 Å². The summed E-state index contributed by atoms with van der Waals surface area (Å²) in [6.45, 7) is 2.12. The fourth-order valence-electron chi connectivity index (χ4n) is 2.24. The fourth-order valence-corrected chi connectivity index (χ4v) is 2.48. The molecular formula is C18H19ClN2O3. The summed E-state index contributed by atoms with van der Waals surface area (Å²) in [4.78, 5) is 25.5. The van der Waals surface area contributed by atoms with E-state index in [0.717, 1.165) is 0 Å². The average molecular weight is 347 g/mol. The number of nitrogens with zero attached hydrogens (tertiary/aromatic N) is 1. The van der Waals surface area contributed by atoms with Crippen LogP contribution in [0.1, 0.15) is 17.3 Å². The summed E-state index contributed by atoms with van der Waals surface area (Å²) in [5.74, 6) is 0.343. The minimum atomic E-state index is -0.208. The van der Waals surface area contributed by atoms with Crippen LogP contribution in [0, 0.1) is 0 Å². The molecule has 2 aromatic carbocycles. The van der Waals surface area contributed by atoms with Crippen LogP contribution in [0.2, 0.25) is 5.02 Å². The van der Waals surface area contributed by atoms with E-state index < -0.39 is 0 Å². The van der Waals surface area contributed by atoms with Gasteiger partial charge in [0, 0.05) is 25.6 Å². The topological polar surface area (TPSA) is 58.6 Å². The van der Waals surface area contributed by atoms with Crippen LogP contribution in [0.3, 0.4) is 0 Å². The number of benzene rings is 2.